The summed E-state index contributed by atoms with van der Waals surface area (Å²) in [6.45, 7) is -0.312. The largest absolute Gasteiger partial charge is 0.450 e. The summed E-state index contributed by atoms with van der Waals surface area (Å²) >= 11 is 12.1. The molecule has 10 heteroatoms. The number of alkyl halides is 3. The van der Waals surface area contributed by atoms with Crippen molar-refractivity contribution >= 4 is 45.8 Å². The van der Waals surface area contributed by atoms with Crippen molar-refractivity contribution in [3.05, 3.63) is 87.7 Å². The lowest BCUT2D eigenvalue weighted by atomic mass is 10.2. The fraction of sp³-hybridized carbons (Fsp3) is 0.0909. The van der Waals surface area contributed by atoms with Gasteiger partial charge in [-0.3, -0.25) is 9.36 Å². The molecule has 0 saturated heterocycles. The number of hydrogen-bond acceptors (Lipinski definition) is 3. The first kappa shape index (κ1) is 22.1. The van der Waals surface area contributed by atoms with Crippen LogP contribution in [-0.4, -0.2) is 20.6 Å². The fourth-order valence-corrected chi connectivity index (χ4v) is 3.85. The number of anilines is 1. The van der Waals surface area contributed by atoms with Gasteiger partial charge in [0, 0.05) is 11.4 Å². The number of rotatable bonds is 4. The molecule has 0 fully saturated rings. The van der Waals surface area contributed by atoms with Crippen LogP contribution in [0.2, 0.25) is 10.0 Å². The summed E-state index contributed by atoms with van der Waals surface area (Å²) < 4.78 is 41.9. The number of carbonyl (C=O) groups excluding carboxylic acids is 1. The van der Waals surface area contributed by atoms with Crippen LogP contribution in [0.1, 0.15) is 21.7 Å². The average Bonchev–Trinajstić information content (AvgIpc) is 3.13. The van der Waals surface area contributed by atoms with Crippen molar-refractivity contribution in [1.29, 1.82) is 0 Å². The van der Waals surface area contributed by atoms with Crippen molar-refractivity contribution in [3.63, 3.8) is 0 Å². The van der Waals surface area contributed by atoms with Gasteiger partial charge in [0.2, 0.25) is 5.82 Å². The van der Waals surface area contributed by atoms with E-state index in [4.69, 9.17) is 23.2 Å². The van der Waals surface area contributed by atoms with Gasteiger partial charge < -0.3 is 10.4 Å². The molecule has 32 heavy (non-hydrogen) atoms. The zero-order valence-electron chi connectivity index (χ0n) is 16.1. The molecule has 0 aliphatic carbocycles. The third-order valence-corrected chi connectivity index (χ3v) is 5.36. The number of fused-ring (bicyclic) bond motifs is 1. The monoisotopic (exact) mass is 479 g/mol. The Morgan fingerprint density at radius 2 is 1.69 bits per heavy atom. The molecule has 0 radical (unpaired) electrons. The number of nitrogens with one attached hydrogen (secondary N) is 1. The lowest BCUT2D eigenvalue weighted by Gasteiger charge is -2.13. The summed E-state index contributed by atoms with van der Waals surface area (Å²) in [6, 6.07) is 14.8. The lowest BCUT2D eigenvalue weighted by Crippen LogP contribution is -2.14. The molecule has 1 heterocycles. The topological polar surface area (TPSA) is 67.2 Å². The molecule has 1 aromatic heterocycles. The van der Waals surface area contributed by atoms with Gasteiger partial charge in [-0.2, -0.15) is 13.2 Å². The van der Waals surface area contributed by atoms with E-state index in [-0.39, 0.29) is 38.9 Å². The third kappa shape index (κ3) is 4.17. The van der Waals surface area contributed by atoms with E-state index in [1.54, 1.807) is 6.07 Å². The van der Waals surface area contributed by atoms with Crippen molar-refractivity contribution < 1.29 is 23.1 Å². The minimum atomic E-state index is -4.70. The van der Waals surface area contributed by atoms with Gasteiger partial charge in [-0.1, -0.05) is 35.3 Å². The Balaban J connectivity index is 1.71. The van der Waals surface area contributed by atoms with Crippen LogP contribution in [0.3, 0.4) is 0 Å². The number of hydrogen-bond donors (Lipinski definition) is 2. The first-order valence-corrected chi connectivity index (χ1v) is 10.00. The molecule has 4 rings (SSSR count). The highest BCUT2D eigenvalue weighted by atomic mass is 35.5. The molecular weight excluding hydrogens is 466 g/mol. The summed E-state index contributed by atoms with van der Waals surface area (Å²) in [7, 11) is 0. The summed E-state index contributed by atoms with van der Waals surface area (Å²) in [5, 5.41) is 12.2. The van der Waals surface area contributed by atoms with Crippen LogP contribution in [0, 0.1) is 0 Å². The molecular formula is C22H14Cl2F3N3O2. The van der Waals surface area contributed by atoms with Crippen molar-refractivity contribution in [2.24, 2.45) is 0 Å². The maximum Gasteiger partial charge on any atom is 0.450 e. The summed E-state index contributed by atoms with van der Waals surface area (Å²) in [6.07, 6.45) is -4.70. The zero-order valence-corrected chi connectivity index (χ0v) is 17.6. The van der Waals surface area contributed by atoms with Gasteiger partial charge in [0.15, 0.2) is 0 Å². The number of benzene rings is 3. The highest BCUT2D eigenvalue weighted by molar-refractivity contribution is 6.40. The molecule has 164 valence electrons. The second-order valence-corrected chi connectivity index (χ2v) is 7.66. The van der Waals surface area contributed by atoms with Gasteiger partial charge in [0.05, 0.1) is 33.2 Å². The van der Waals surface area contributed by atoms with E-state index in [1.165, 1.54) is 54.6 Å². The van der Waals surface area contributed by atoms with Crippen molar-refractivity contribution in [3.8, 4) is 5.69 Å². The number of imidazole rings is 1. The second-order valence-electron chi connectivity index (χ2n) is 6.85. The predicted molar refractivity (Wildman–Crippen MR) is 116 cm³/mol. The van der Waals surface area contributed by atoms with Crippen molar-refractivity contribution in [1.82, 2.24) is 9.55 Å². The van der Waals surface area contributed by atoms with Gasteiger partial charge in [-0.25, -0.2) is 4.98 Å². The Morgan fingerprint density at radius 3 is 2.28 bits per heavy atom. The Morgan fingerprint density at radius 1 is 1.03 bits per heavy atom. The van der Waals surface area contributed by atoms with Crippen LogP contribution in [0.4, 0.5) is 18.9 Å². The molecule has 2 N–H and O–H groups in total. The standard InChI is InChI=1S/C22H14Cl2F3N3O2/c23-15-2-1-3-16(24)19(15)20(32)28-13-5-7-14(8-6-13)30-18-9-4-12(11-31)10-17(18)29-21(30)22(25,26)27/h1-10,31H,11H2,(H,28,32). The molecule has 0 saturated carbocycles. The van der Waals surface area contributed by atoms with Gasteiger partial charge in [-0.15, -0.1) is 0 Å². The molecule has 0 spiro atoms. The molecule has 4 aromatic rings. The Bertz CT molecular complexity index is 1300. The molecule has 0 bridgehead atoms. The first-order valence-electron chi connectivity index (χ1n) is 9.24. The van der Waals surface area contributed by atoms with Gasteiger partial charge in [0.1, 0.15) is 0 Å². The number of aromatic nitrogens is 2. The highest BCUT2D eigenvalue weighted by Crippen LogP contribution is 2.34. The molecule has 3 aromatic carbocycles. The minimum Gasteiger partial charge on any atom is -0.392 e. The smallest absolute Gasteiger partial charge is 0.392 e. The SMILES string of the molecule is O=C(Nc1ccc(-n2c(C(F)(F)F)nc3cc(CO)ccc32)cc1)c1c(Cl)cccc1Cl. The summed E-state index contributed by atoms with van der Waals surface area (Å²) in [5.74, 6) is -1.64. The van der Waals surface area contributed by atoms with Crippen molar-refractivity contribution in [2.75, 3.05) is 5.32 Å². The highest BCUT2D eigenvalue weighted by Gasteiger charge is 2.38. The van der Waals surface area contributed by atoms with E-state index >= 15 is 0 Å². The van der Waals surface area contributed by atoms with Crippen LogP contribution >= 0.6 is 23.2 Å². The molecule has 0 aliphatic rings. The Labute approximate surface area is 190 Å². The quantitative estimate of drug-likeness (QED) is 0.371. The van der Waals surface area contributed by atoms with Crippen LogP contribution in [0.5, 0.6) is 0 Å². The number of halogens is 5. The van der Waals surface area contributed by atoms with E-state index in [9.17, 15) is 23.1 Å². The fourth-order valence-electron chi connectivity index (χ4n) is 3.28. The number of amides is 1. The van der Waals surface area contributed by atoms with E-state index in [2.05, 4.69) is 10.3 Å². The maximum atomic E-state index is 13.7. The lowest BCUT2D eigenvalue weighted by molar-refractivity contribution is -0.145. The summed E-state index contributed by atoms with van der Waals surface area (Å²) in [5.41, 5.74) is 1.43. The zero-order chi connectivity index (χ0) is 23.0. The van der Waals surface area contributed by atoms with Crippen molar-refractivity contribution in [2.45, 2.75) is 12.8 Å². The molecule has 1 amide bonds. The number of aliphatic hydroxyl groups is 1. The number of nitrogens with zero attached hydrogens (tertiary/aromatic N) is 2. The van der Waals surface area contributed by atoms with E-state index in [0.29, 0.717) is 11.3 Å². The Hall–Kier alpha value is -3.07. The van der Waals surface area contributed by atoms with Gasteiger partial charge >= 0.3 is 6.18 Å². The molecule has 5 nitrogen and oxygen atoms in total. The Kier molecular flexibility index (Phi) is 5.85. The number of aliphatic hydroxyl groups excluding tert-OH is 1. The van der Waals surface area contributed by atoms with E-state index in [1.807, 2.05) is 0 Å². The normalized spacial score (nSPS) is 11.7. The van der Waals surface area contributed by atoms with E-state index < -0.39 is 17.9 Å². The molecule has 0 atom stereocenters. The van der Waals surface area contributed by atoms with Crippen LogP contribution in [0.15, 0.2) is 60.7 Å². The van der Waals surface area contributed by atoms with Crippen LogP contribution in [0.25, 0.3) is 16.7 Å². The van der Waals surface area contributed by atoms with Gasteiger partial charge in [-0.05, 0) is 54.1 Å². The van der Waals surface area contributed by atoms with Crippen LogP contribution < -0.4 is 5.32 Å². The maximum absolute atomic E-state index is 13.7. The molecule has 0 aliphatic heterocycles. The van der Waals surface area contributed by atoms with Gasteiger partial charge in [0.25, 0.3) is 5.91 Å². The minimum absolute atomic E-state index is 0.0968. The third-order valence-electron chi connectivity index (χ3n) is 4.73. The second kappa shape index (κ2) is 8.46. The number of carbonyl (C=O) groups is 1. The predicted octanol–water partition coefficient (Wildman–Crippen LogP) is 6.10. The first-order chi connectivity index (χ1) is 15.2. The van der Waals surface area contributed by atoms with Crippen LogP contribution in [-0.2, 0) is 12.8 Å². The summed E-state index contributed by atoms with van der Waals surface area (Å²) in [4.78, 5) is 16.3. The molecule has 0 unspecified atom stereocenters. The van der Waals surface area contributed by atoms with E-state index in [0.717, 1.165) is 4.57 Å². The average molecular weight is 480 g/mol.